The van der Waals surface area contributed by atoms with Crippen LogP contribution in [0.4, 0.5) is 0 Å². The summed E-state index contributed by atoms with van der Waals surface area (Å²) in [6.07, 6.45) is 5.58. The molecule has 26 heavy (non-hydrogen) atoms. The largest absolute Gasteiger partial charge is 0.490 e. The van der Waals surface area contributed by atoms with Crippen LogP contribution in [0.5, 0.6) is 5.75 Å². The van der Waals surface area contributed by atoms with E-state index in [4.69, 9.17) is 4.74 Å². The maximum atomic E-state index is 12.4. The van der Waals surface area contributed by atoms with E-state index in [1.807, 2.05) is 48.5 Å². The molecule has 136 valence electrons. The minimum absolute atomic E-state index is 0.124. The molecule has 2 aromatic carbocycles. The van der Waals surface area contributed by atoms with Gasteiger partial charge in [-0.15, -0.1) is 5.11 Å². The zero-order chi connectivity index (χ0) is 18.6. The quantitative estimate of drug-likeness (QED) is 0.339. The summed E-state index contributed by atoms with van der Waals surface area (Å²) in [5.41, 5.74) is 0.475. The molecule has 1 amide bonds. The molecule has 2 aromatic rings. The first-order chi connectivity index (χ1) is 12.7. The van der Waals surface area contributed by atoms with Crippen LogP contribution in [0, 0.1) is 0 Å². The van der Waals surface area contributed by atoms with E-state index in [1.54, 1.807) is 6.07 Å². The molecule has 4 nitrogen and oxygen atoms in total. The van der Waals surface area contributed by atoms with Crippen molar-refractivity contribution in [1.82, 2.24) is 0 Å². The highest BCUT2D eigenvalue weighted by Crippen LogP contribution is 2.23. The summed E-state index contributed by atoms with van der Waals surface area (Å²) < 4.78 is 10.2. The number of unbranched alkanes of at least 4 members (excludes halogenated alkanes) is 2. The van der Waals surface area contributed by atoms with Crippen LogP contribution in [0.3, 0.4) is 0 Å². The molecule has 1 atom stereocenters. The van der Waals surface area contributed by atoms with Crippen molar-refractivity contribution in [3.63, 3.8) is 0 Å². The fraction of sp³-hybridized carbons (Fsp3) is 0.381. The van der Waals surface area contributed by atoms with Gasteiger partial charge in [-0.1, -0.05) is 69.2 Å². The zero-order valence-electron chi connectivity index (χ0n) is 15.5. The van der Waals surface area contributed by atoms with E-state index in [9.17, 15) is 4.79 Å². The second kappa shape index (κ2) is 11.4. The number of carbonyl (C=O) groups excluding carboxylic acids is 1. The average molecular weight is 367 g/mol. The number of hydrogen-bond donors (Lipinski definition) is 0. The summed E-state index contributed by atoms with van der Waals surface area (Å²) in [7, 11) is 0.131. The molecule has 0 aromatic heterocycles. The third kappa shape index (κ3) is 6.56. The summed E-state index contributed by atoms with van der Waals surface area (Å²) in [6.45, 7) is 4.30. The van der Waals surface area contributed by atoms with Crippen LogP contribution in [0.15, 0.2) is 64.5 Å². The maximum absolute atomic E-state index is 12.4. The van der Waals surface area contributed by atoms with Gasteiger partial charge < -0.3 is 4.74 Å². The third-order valence-electron chi connectivity index (χ3n) is 4.09. The predicted molar refractivity (Wildman–Crippen MR) is 106 cm³/mol. The van der Waals surface area contributed by atoms with E-state index in [-0.39, 0.29) is 21.7 Å². The van der Waals surface area contributed by atoms with Crippen molar-refractivity contribution in [2.45, 2.75) is 52.1 Å². The Balaban J connectivity index is 2.01. The van der Waals surface area contributed by atoms with Crippen LogP contribution in [0.2, 0.25) is 0 Å². The third-order valence-corrected chi connectivity index (χ3v) is 4.88. The van der Waals surface area contributed by atoms with E-state index in [0.29, 0.717) is 11.3 Å². The molecule has 0 N–H and O–H groups in total. The van der Waals surface area contributed by atoms with Crippen molar-refractivity contribution in [3.05, 3.63) is 60.2 Å². The van der Waals surface area contributed by atoms with Gasteiger partial charge >= 0.3 is 0 Å². The molecule has 0 heterocycles. The SMILES string of the molecule is CCCCCC(CC)Oc1ccccc1C(=O)N=N[Si]c1ccccc1. The second-order valence-electron chi connectivity index (χ2n) is 6.12. The van der Waals surface area contributed by atoms with Gasteiger partial charge in [0.05, 0.1) is 11.7 Å². The van der Waals surface area contributed by atoms with Crippen LogP contribution < -0.4 is 9.92 Å². The number of benzene rings is 2. The molecular formula is C21H26N2O2Si. The van der Waals surface area contributed by atoms with Gasteiger partial charge in [-0.3, -0.25) is 4.79 Å². The normalized spacial score (nSPS) is 12.2. The Morgan fingerprint density at radius 3 is 2.50 bits per heavy atom. The molecule has 0 saturated heterocycles. The Labute approximate surface area is 158 Å². The number of hydrogen-bond acceptors (Lipinski definition) is 3. The monoisotopic (exact) mass is 366 g/mol. The topological polar surface area (TPSA) is 51.0 Å². The number of rotatable bonds is 10. The van der Waals surface area contributed by atoms with Crippen molar-refractivity contribution in [3.8, 4) is 5.75 Å². The molecule has 5 heteroatoms. The van der Waals surface area contributed by atoms with Gasteiger partial charge in [0, 0.05) is 0 Å². The number of amides is 1. The van der Waals surface area contributed by atoms with Gasteiger partial charge in [0.1, 0.15) is 5.75 Å². The Morgan fingerprint density at radius 2 is 1.77 bits per heavy atom. The minimum atomic E-state index is -0.354. The van der Waals surface area contributed by atoms with E-state index in [0.717, 1.165) is 24.4 Å². The van der Waals surface area contributed by atoms with Crippen molar-refractivity contribution >= 4 is 20.8 Å². The first kappa shape index (κ1) is 20.0. The molecule has 0 aliphatic carbocycles. The molecule has 0 aliphatic rings. The summed E-state index contributed by atoms with van der Waals surface area (Å²) in [5, 5.41) is 4.93. The molecule has 1 unspecified atom stereocenters. The lowest BCUT2D eigenvalue weighted by atomic mass is 10.1. The van der Waals surface area contributed by atoms with Crippen LogP contribution in [0.25, 0.3) is 0 Å². The molecule has 2 radical (unpaired) electrons. The standard InChI is InChI=1S/C21H26N2O2Si/c1-3-5-7-12-17(4-2)25-20-16-11-10-15-19(20)21(24)22-23-26-18-13-8-6-9-14-18/h6,8-11,13-17H,3-5,7,12H2,1-2H3. The Morgan fingerprint density at radius 1 is 1.04 bits per heavy atom. The van der Waals surface area contributed by atoms with Gasteiger partial charge in [-0.05, 0) is 36.6 Å². The van der Waals surface area contributed by atoms with Crippen LogP contribution in [-0.2, 0) is 0 Å². The molecule has 0 bridgehead atoms. The summed E-state index contributed by atoms with van der Waals surface area (Å²) in [6, 6.07) is 17.1. The fourth-order valence-corrected chi connectivity index (χ4v) is 3.19. The van der Waals surface area contributed by atoms with Crippen molar-refractivity contribution < 1.29 is 9.53 Å². The molecule has 0 saturated carbocycles. The van der Waals surface area contributed by atoms with E-state index in [2.05, 4.69) is 23.7 Å². The number of para-hydroxylation sites is 1. The molecular weight excluding hydrogens is 340 g/mol. The lowest BCUT2D eigenvalue weighted by Crippen LogP contribution is -2.17. The Hall–Kier alpha value is -2.27. The first-order valence-electron chi connectivity index (χ1n) is 9.26. The van der Waals surface area contributed by atoms with Crippen molar-refractivity contribution in [2.24, 2.45) is 9.89 Å². The Kier molecular flexibility index (Phi) is 8.76. The zero-order valence-corrected chi connectivity index (χ0v) is 16.5. The smallest absolute Gasteiger partial charge is 0.297 e. The fourth-order valence-electron chi connectivity index (χ4n) is 2.59. The van der Waals surface area contributed by atoms with Gasteiger partial charge in [0.25, 0.3) is 15.6 Å². The van der Waals surface area contributed by atoms with Gasteiger partial charge in [-0.2, -0.15) is 0 Å². The highest BCUT2D eigenvalue weighted by Gasteiger charge is 2.15. The van der Waals surface area contributed by atoms with Crippen molar-refractivity contribution in [2.75, 3.05) is 0 Å². The lowest BCUT2D eigenvalue weighted by molar-refractivity contribution is 0.0986. The lowest BCUT2D eigenvalue weighted by Gasteiger charge is -2.18. The first-order valence-corrected chi connectivity index (χ1v) is 10.2. The summed E-state index contributed by atoms with van der Waals surface area (Å²) >= 11 is 0. The minimum Gasteiger partial charge on any atom is -0.490 e. The van der Waals surface area contributed by atoms with E-state index < -0.39 is 0 Å². The Bertz CT molecular complexity index is 704. The van der Waals surface area contributed by atoms with Crippen LogP contribution in [-0.4, -0.2) is 21.7 Å². The summed E-state index contributed by atoms with van der Waals surface area (Å²) in [5.74, 6) is 0.246. The summed E-state index contributed by atoms with van der Waals surface area (Å²) in [4.78, 5) is 12.4. The van der Waals surface area contributed by atoms with Gasteiger partial charge in [0.15, 0.2) is 0 Å². The van der Waals surface area contributed by atoms with Crippen LogP contribution >= 0.6 is 0 Å². The van der Waals surface area contributed by atoms with E-state index >= 15 is 0 Å². The molecule has 0 fully saturated rings. The maximum Gasteiger partial charge on any atom is 0.297 e. The molecule has 0 aliphatic heterocycles. The predicted octanol–water partition coefficient (Wildman–Crippen LogP) is 4.96. The number of ether oxygens (including phenoxy) is 1. The van der Waals surface area contributed by atoms with Gasteiger partial charge in [0.2, 0.25) is 0 Å². The second-order valence-corrected chi connectivity index (χ2v) is 7.12. The number of nitrogens with zero attached hydrogens (tertiary/aromatic N) is 2. The van der Waals surface area contributed by atoms with E-state index in [1.165, 1.54) is 12.8 Å². The van der Waals surface area contributed by atoms with Crippen LogP contribution in [0.1, 0.15) is 56.3 Å². The molecule has 2 rings (SSSR count). The average Bonchev–Trinajstić information content (AvgIpc) is 2.68. The highest BCUT2D eigenvalue weighted by atomic mass is 28.2. The highest BCUT2D eigenvalue weighted by molar-refractivity contribution is 6.51. The van der Waals surface area contributed by atoms with Crippen molar-refractivity contribution in [1.29, 1.82) is 0 Å². The van der Waals surface area contributed by atoms with Gasteiger partial charge in [-0.25, -0.2) is 4.78 Å². The number of carbonyl (C=O) groups is 1. The molecule has 0 spiro atoms.